The Kier molecular flexibility index (Phi) is 1.20. The standard InChI is InChI=1S/C6H9N3O/c1-4-5(2-7-4)6-9-8-3-10-6/h3-5,7H,2H2,1H3/t4-,5+/m0/s1. The number of hydrogen-bond acceptors (Lipinski definition) is 4. The van der Waals surface area contributed by atoms with Gasteiger partial charge in [0.1, 0.15) is 0 Å². The fourth-order valence-corrected chi connectivity index (χ4v) is 1.12. The van der Waals surface area contributed by atoms with Gasteiger partial charge in [-0.15, -0.1) is 10.2 Å². The summed E-state index contributed by atoms with van der Waals surface area (Å²) < 4.78 is 5.05. The van der Waals surface area contributed by atoms with Crippen LogP contribution in [-0.2, 0) is 0 Å². The van der Waals surface area contributed by atoms with E-state index in [4.69, 9.17) is 4.42 Å². The minimum absolute atomic E-state index is 0.433. The Bertz CT molecular complexity index is 209. The molecule has 4 heteroatoms. The van der Waals surface area contributed by atoms with Gasteiger partial charge >= 0.3 is 0 Å². The number of nitrogens with zero attached hydrogens (tertiary/aromatic N) is 2. The van der Waals surface area contributed by atoms with Crippen LogP contribution < -0.4 is 5.32 Å². The summed E-state index contributed by atoms with van der Waals surface area (Å²) in [5, 5.41) is 10.7. The number of rotatable bonds is 1. The number of nitrogens with one attached hydrogen (secondary N) is 1. The van der Waals surface area contributed by atoms with Gasteiger partial charge in [0.15, 0.2) is 0 Å². The molecule has 0 aliphatic carbocycles. The van der Waals surface area contributed by atoms with Crippen LogP contribution in [-0.4, -0.2) is 22.8 Å². The minimum atomic E-state index is 0.433. The van der Waals surface area contributed by atoms with E-state index in [2.05, 4.69) is 22.4 Å². The molecule has 0 bridgehead atoms. The van der Waals surface area contributed by atoms with Crippen molar-refractivity contribution >= 4 is 0 Å². The van der Waals surface area contributed by atoms with E-state index in [0.717, 1.165) is 12.4 Å². The maximum absolute atomic E-state index is 5.05. The number of hydrogen-bond donors (Lipinski definition) is 1. The second-order valence-corrected chi connectivity index (χ2v) is 2.58. The topological polar surface area (TPSA) is 51.0 Å². The van der Waals surface area contributed by atoms with E-state index in [1.54, 1.807) is 0 Å². The van der Waals surface area contributed by atoms with Crippen molar-refractivity contribution in [2.75, 3.05) is 6.54 Å². The van der Waals surface area contributed by atoms with E-state index < -0.39 is 0 Å². The van der Waals surface area contributed by atoms with Crippen molar-refractivity contribution in [2.24, 2.45) is 0 Å². The third kappa shape index (κ3) is 0.724. The smallest absolute Gasteiger partial charge is 0.222 e. The van der Waals surface area contributed by atoms with E-state index >= 15 is 0 Å². The van der Waals surface area contributed by atoms with Crippen LogP contribution in [0.5, 0.6) is 0 Å². The third-order valence-electron chi connectivity index (χ3n) is 1.96. The molecule has 2 heterocycles. The van der Waals surface area contributed by atoms with Gasteiger partial charge in [0, 0.05) is 12.6 Å². The third-order valence-corrected chi connectivity index (χ3v) is 1.96. The normalized spacial score (nSPS) is 31.7. The quantitative estimate of drug-likeness (QED) is 0.601. The Morgan fingerprint density at radius 2 is 2.70 bits per heavy atom. The van der Waals surface area contributed by atoms with Crippen molar-refractivity contribution in [3.63, 3.8) is 0 Å². The van der Waals surface area contributed by atoms with Crippen LogP contribution in [0.1, 0.15) is 18.7 Å². The summed E-state index contributed by atoms with van der Waals surface area (Å²) in [5.41, 5.74) is 0. The predicted molar refractivity (Wildman–Crippen MR) is 34.5 cm³/mol. The van der Waals surface area contributed by atoms with E-state index in [1.807, 2.05) is 0 Å². The minimum Gasteiger partial charge on any atom is -0.428 e. The molecule has 0 radical (unpaired) electrons. The Labute approximate surface area is 58.6 Å². The molecule has 1 saturated heterocycles. The molecule has 1 fully saturated rings. The van der Waals surface area contributed by atoms with Crippen LogP contribution in [0.3, 0.4) is 0 Å². The Morgan fingerprint density at radius 3 is 3.10 bits per heavy atom. The van der Waals surface area contributed by atoms with Crippen LogP contribution >= 0.6 is 0 Å². The first-order valence-corrected chi connectivity index (χ1v) is 3.37. The first kappa shape index (κ1) is 5.85. The molecule has 10 heavy (non-hydrogen) atoms. The van der Waals surface area contributed by atoms with E-state index in [0.29, 0.717) is 12.0 Å². The Morgan fingerprint density at radius 1 is 1.80 bits per heavy atom. The molecule has 4 nitrogen and oxygen atoms in total. The molecule has 0 spiro atoms. The molecule has 1 aromatic heterocycles. The van der Waals surface area contributed by atoms with Crippen molar-refractivity contribution in [2.45, 2.75) is 18.9 Å². The average molecular weight is 139 g/mol. The molecule has 0 aromatic carbocycles. The maximum atomic E-state index is 5.05. The Hall–Kier alpha value is -0.900. The van der Waals surface area contributed by atoms with Crippen molar-refractivity contribution in [1.82, 2.24) is 15.5 Å². The summed E-state index contributed by atoms with van der Waals surface area (Å²) in [6, 6.07) is 0.487. The van der Waals surface area contributed by atoms with Gasteiger partial charge in [-0.25, -0.2) is 0 Å². The van der Waals surface area contributed by atoms with E-state index in [-0.39, 0.29) is 0 Å². The fraction of sp³-hybridized carbons (Fsp3) is 0.667. The van der Waals surface area contributed by atoms with Gasteiger partial charge in [-0.05, 0) is 6.92 Å². The summed E-state index contributed by atoms with van der Waals surface area (Å²) in [4.78, 5) is 0. The molecule has 0 saturated carbocycles. The molecule has 1 aliphatic rings. The van der Waals surface area contributed by atoms with Crippen LogP contribution in [0, 0.1) is 0 Å². The van der Waals surface area contributed by atoms with Crippen LogP contribution in [0.2, 0.25) is 0 Å². The Balaban J connectivity index is 2.14. The monoisotopic (exact) mass is 139 g/mol. The lowest BCUT2D eigenvalue weighted by atomic mass is 9.93. The van der Waals surface area contributed by atoms with E-state index in [1.165, 1.54) is 6.39 Å². The molecule has 0 amide bonds. The second-order valence-electron chi connectivity index (χ2n) is 2.58. The van der Waals surface area contributed by atoms with Gasteiger partial charge in [-0.2, -0.15) is 0 Å². The van der Waals surface area contributed by atoms with Crippen molar-refractivity contribution in [3.05, 3.63) is 12.3 Å². The summed E-state index contributed by atoms with van der Waals surface area (Å²) in [7, 11) is 0. The SMILES string of the molecule is C[C@@H]1NC[C@H]1c1nnco1. The van der Waals surface area contributed by atoms with Crippen molar-refractivity contribution in [3.8, 4) is 0 Å². The molecule has 54 valence electrons. The highest BCUT2D eigenvalue weighted by Gasteiger charge is 2.31. The highest BCUT2D eigenvalue weighted by Crippen LogP contribution is 2.22. The molecule has 1 aromatic rings. The highest BCUT2D eigenvalue weighted by atomic mass is 16.4. The van der Waals surface area contributed by atoms with Gasteiger partial charge in [0.05, 0.1) is 5.92 Å². The van der Waals surface area contributed by atoms with Gasteiger partial charge in [0.25, 0.3) is 0 Å². The van der Waals surface area contributed by atoms with Crippen molar-refractivity contribution < 1.29 is 4.42 Å². The van der Waals surface area contributed by atoms with Gasteiger partial charge < -0.3 is 9.73 Å². The highest BCUT2D eigenvalue weighted by molar-refractivity contribution is 5.02. The molecule has 0 unspecified atom stereocenters. The molecule has 1 aliphatic heterocycles. The van der Waals surface area contributed by atoms with Gasteiger partial charge in [-0.3, -0.25) is 0 Å². The van der Waals surface area contributed by atoms with E-state index in [9.17, 15) is 0 Å². The van der Waals surface area contributed by atoms with Gasteiger partial charge in [0.2, 0.25) is 12.3 Å². The second kappa shape index (κ2) is 2.05. The molecule has 2 atom stereocenters. The zero-order chi connectivity index (χ0) is 6.97. The summed E-state index contributed by atoms with van der Waals surface area (Å²) in [6.07, 6.45) is 1.38. The first-order chi connectivity index (χ1) is 4.88. The zero-order valence-electron chi connectivity index (χ0n) is 5.74. The first-order valence-electron chi connectivity index (χ1n) is 3.37. The van der Waals surface area contributed by atoms with Crippen molar-refractivity contribution in [1.29, 1.82) is 0 Å². The summed E-state index contributed by atoms with van der Waals surface area (Å²) in [6.45, 7) is 3.07. The molecular weight excluding hydrogens is 130 g/mol. The zero-order valence-corrected chi connectivity index (χ0v) is 5.74. The largest absolute Gasteiger partial charge is 0.428 e. The number of aromatic nitrogens is 2. The maximum Gasteiger partial charge on any atom is 0.222 e. The molecular formula is C6H9N3O. The van der Waals surface area contributed by atoms with Gasteiger partial charge in [-0.1, -0.05) is 0 Å². The molecule has 1 N–H and O–H groups in total. The van der Waals surface area contributed by atoms with Crippen LogP contribution in [0.4, 0.5) is 0 Å². The summed E-state index contributed by atoms with van der Waals surface area (Å²) >= 11 is 0. The molecule has 2 rings (SSSR count). The lowest BCUT2D eigenvalue weighted by Gasteiger charge is -2.32. The lowest BCUT2D eigenvalue weighted by molar-refractivity contribution is 0.280. The lowest BCUT2D eigenvalue weighted by Crippen LogP contribution is -2.49. The predicted octanol–water partition coefficient (Wildman–Crippen LogP) is 0.145. The summed E-state index contributed by atoms with van der Waals surface area (Å²) in [5.74, 6) is 1.19. The fourth-order valence-electron chi connectivity index (χ4n) is 1.12. The average Bonchev–Trinajstić information content (AvgIpc) is 2.37. The van der Waals surface area contributed by atoms with Crippen LogP contribution in [0.25, 0.3) is 0 Å². The van der Waals surface area contributed by atoms with Crippen LogP contribution in [0.15, 0.2) is 10.8 Å².